The number of amides is 2. The van der Waals surface area contributed by atoms with Crippen molar-refractivity contribution in [2.75, 3.05) is 5.32 Å². The summed E-state index contributed by atoms with van der Waals surface area (Å²) in [6.07, 6.45) is 6.85. The lowest BCUT2D eigenvalue weighted by Gasteiger charge is -2.13. The second-order valence-corrected chi connectivity index (χ2v) is 6.94. The minimum Gasteiger partial charge on any atom is -0.350 e. The molecule has 144 valence electrons. The number of rotatable bonds is 10. The van der Waals surface area contributed by atoms with E-state index in [1.165, 1.54) is 12.8 Å². The molecular weight excluding hydrogens is 346 g/mol. The Hall–Kier alpha value is -1.95. The number of thiocarbonyl (C=S) groups is 1. The highest BCUT2D eigenvalue weighted by Gasteiger charge is 2.10. The third kappa shape index (κ3) is 8.94. The molecule has 1 unspecified atom stereocenters. The van der Waals surface area contributed by atoms with Gasteiger partial charge in [0.1, 0.15) is 0 Å². The molecule has 2 amide bonds. The Morgan fingerprint density at radius 1 is 1.12 bits per heavy atom. The number of carbonyl (C=O) groups excluding carboxylic acids is 2. The van der Waals surface area contributed by atoms with E-state index in [-0.39, 0.29) is 23.0 Å². The molecule has 1 aromatic carbocycles. The van der Waals surface area contributed by atoms with Crippen molar-refractivity contribution in [3.63, 3.8) is 0 Å². The van der Waals surface area contributed by atoms with E-state index in [1.807, 2.05) is 19.9 Å². The fourth-order valence-electron chi connectivity index (χ4n) is 2.39. The van der Waals surface area contributed by atoms with Crippen molar-refractivity contribution < 1.29 is 9.59 Å². The first-order valence-corrected chi connectivity index (χ1v) is 9.88. The summed E-state index contributed by atoms with van der Waals surface area (Å²) in [5, 5.41) is 8.84. The highest BCUT2D eigenvalue weighted by atomic mass is 32.1. The third-order valence-electron chi connectivity index (χ3n) is 4.13. The van der Waals surface area contributed by atoms with Gasteiger partial charge in [0.15, 0.2) is 5.11 Å². The molecule has 0 spiro atoms. The highest BCUT2D eigenvalue weighted by molar-refractivity contribution is 7.80. The Balaban J connectivity index is 2.45. The minimum atomic E-state index is -0.120. The van der Waals surface area contributed by atoms with E-state index in [0.29, 0.717) is 17.7 Å². The van der Waals surface area contributed by atoms with E-state index in [2.05, 4.69) is 22.9 Å². The molecule has 0 aromatic heterocycles. The van der Waals surface area contributed by atoms with Crippen molar-refractivity contribution in [3.05, 3.63) is 29.8 Å². The van der Waals surface area contributed by atoms with Crippen LogP contribution in [0.25, 0.3) is 0 Å². The molecule has 0 saturated heterocycles. The van der Waals surface area contributed by atoms with Crippen LogP contribution < -0.4 is 16.0 Å². The SMILES string of the molecule is CCCCCCCC(=O)NC(=S)Nc1cccc(C(=O)NC(C)CC)c1. The number of hydrogen-bond donors (Lipinski definition) is 3. The van der Waals surface area contributed by atoms with Crippen LogP contribution >= 0.6 is 12.2 Å². The second kappa shape index (κ2) is 12.4. The van der Waals surface area contributed by atoms with Gasteiger partial charge in [-0.05, 0) is 50.2 Å². The number of nitrogens with one attached hydrogen (secondary N) is 3. The monoisotopic (exact) mass is 377 g/mol. The van der Waals surface area contributed by atoms with Gasteiger partial charge in [-0.1, -0.05) is 45.6 Å². The van der Waals surface area contributed by atoms with Crippen molar-refractivity contribution in [2.24, 2.45) is 0 Å². The summed E-state index contributed by atoms with van der Waals surface area (Å²) in [4.78, 5) is 24.1. The van der Waals surface area contributed by atoms with Crippen LogP contribution in [0, 0.1) is 0 Å². The average Bonchev–Trinajstić information content (AvgIpc) is 2.61. The van der Waals surface area contributed by atoms with Crippen LogP contribution in [0.3, 0.4) is 0 Å². The van der Waals surface area contributed by atoms with E-state index in [4.69, 9.17) is 12.2 Å². The zero-order valence-corrected chi connectivity index (χ0v) is 16.9. The maximum atomic E-state index is 12.2. The maximum absolute atomic E-state index is 12.2. The molecule has 6 heteroatoms. The standard InChI is InChI=1S/C20H31N3O2S/c1-4-6-7-8-9-13-18(24)23-20(26)22-17-12-10-11-16(14-17)19(25)21-15(3)5-2/h10-12,14-15H,4-9,13H2,1-3H3,(H,21,25)(H2,22,23,24,26). The van der Waals surface area contributed by atoms with Crippen LogP contribution in [0.5, 0.6) is 0 Å². The summed E-state index contributed by atoms with van der Waals surface area (Å²) >= 11 is 5.19. The van der Waals surface area contributed by atoms with E-state index in [1.54, 1.807) is 18.2 Å². The number of unbranched alkanes of at least 4 members (excludes halogenated alkanes) is 4. The maximum Gasteiger partial charge on any atom is 0.251 e. The Labute approximate surface area is 162 Å². The van der Waals surface area contributed by atoms with Gasteiger partial charge < -0.3 is 16.0 Å². The zero-order chi connectivity index (χ0) is 19.4. The molecule has 0 fully saturated rings. The second-order valence-electron chi connectivity index (χ2n) is 6.53. The smallest absolute Gasteiger partial charge is 0.251 e. The van der Waals surface area contributed by atoms with Gasteiger partial charge in [0.25, 0.3) is 5.91 Å². The molecule has 26 heavy (non-hydrogen) atoms. The summed E-state index contributed by atoms with van der Waals surface area (Å²) in [5.41, 5.74) is 1.23. The quantitative estimate of drug-likeness (QED) is 0.418. The minimum absolute atomic E-state index is 0.0790. The van der Waals surface area contributed by atoms with E-state index >= 15 is 0 Å². The van der Waals surface area contributed by atoms with Crippen molar-refractivity contribution in [1.82, 2.24) is 10.6 Å². The fraction of sp³-hybridized carbons (Fsp3) is 0.550. The summed E-state index contributed by atoms with van der Waals surface area (Å²) in [6.45, 7) is 6.15. The van der Waals surface area contributed by atoms with Gasteiger partial charge >= 0.3 is 0 Å². The molecule has 0 aliphatic rings. The van der Waals surface area contributed by atoms with Crippen molar-refractivity contribution in [1.29, 1.82) is 0 Å². The number of benzene rings is 1. The van der Waals surface area contributed by atoms with Crippen molar-refractivity contribution in [2.45, 2.75) is 71.8 Å². The van der Waals surface area contributed by atoms with Crippen molar-refractivity contribution in [3.8, 4) is 0 Å². The number of carbonyl (C=O) groups is 2. The molecule has 0 heterocycles. The first-order chi connectivity index (χ1) is 12.5. The van der Waals surface area contributed by atoms with Gasteiger partial charge in [-0.3, -0.25) is 9.59 Å². The summed E-state index contributed by atoms with van der Waals surface area (Å²) in [6, 6.07) is 7.19. The molecule has 3 N–H and O–H groups in total. The molecule has 1 rings (SSSR count). The van der Waals surface area contributed by atoms with Gasteiger partial charge in [0.05, 0.1) is 0 Å². The molecule has 1 atom stereocenters. The van der Waals surface area contributed by atoms with Crippen LogP contribution in [0.4, 0.5) is 5.69 Å². The van der Waals surface area contributed by atoms with Gasteiger partial charge in [-0.2, -0.15) is 0 Å². The summed E-state index contributed by atoms with van der Waals surface area (Å²) in [5.74, 6) is -0.199. The zero-order valence-electron chi connectivity index (χ0n) is 16.1. The van der Waals surface area contributed by atoms with Crippen LogP contribution in [0.2, 0.25) is 0 Å². The van der Waals surface area contributed by atoms with Crippen LogP contribution in [0.15, 0.2) is 24.3 Å². The van der Waals surface area contributed by atoms with Gasteiger partial charge in [-0.15, -0.1) is 0 Å². The largest absolute Gasteiger partial charge is 0.350 e. The Morgan fingerprint density at radius 3 is 2.54 bits per heavy atom. The van der Waals surface area contributed by atoms with Gasteiger partial charge in [0, 0.05) is 23.7 Å². The molecule has 0 bridgehead atoms. The first-order valence-electron chi connectivity index (χ1n) is 9.48. The molecule has 0 aliphatic heterocycles. The molecule has 0 radical (unpaired) electrons. The summed E-state index contributed by atoms with van der Waals surface area (Å²) < 4.78 is 0. The highest BCUT2D eigenvalue weighted by Crippen LogP contribution is 2.11. The van der Waals surface area contributed by atoms with Gasteiger partial charge in [0.2, 0.25) is 5.91 Å². The molecule has 5 nitrogen and oxygen atoms in total. The van der Waals surface area contributed by atoms with Crippen LogP contribution in [-0.2, 0) is 4.79 Å². The first kappa shape index (κ1) is 22.1. The summed E-state index contributed by atoms with van der Waals surface area (Å²) in [7, 11) is 0. The lowest BCUT2D eigenvalue weighted by Crippen LogP contribution is -2.34. The predicted octanol–water partition coefficient (Wildman–Crippen LogP) is 4.39. The predicted molar refractivity (Wildman–Crippen MR) is 111 cm³/mol. The van der Waals surface area contributed by atoms with Crippen LogP contribution in [-0.4, -0.2) is 23.0 Å². The number of hydrogen-bond acceptors (Lipinski definition) is 3. The Bertz CT molecular complexity index is 604. The van der Waals surface area contributed by atoms with E-state index < -0.39 is 0 Å². The third-order valence-corrected chi connectivity index (χ3v) is 4.34. The number of anilines is 1. The van der Waals surface area contributed by atoms with E-state index in [9.17, 15) is 9.59 Å². The molecule has 0 aliphatic carbocycles. The Morgan fingerprint density at radius 2 is 1.85 bits per heavy atom. The van der Waals surface area contributed by atoms with Crippen LogP contribution in [0.1, 0.15) is 76.1 Å². The molecule has 1 aromatic rings. The lowest BCUT2D eigenvalue weighted by atomic mass is 10.1. The lowest BCUT2D eigenvalue weighted by molar-refractivity contribution is -0.119. The van der Waals surface area contributed by atoms with E-state index in [0.717, 1.165) is 25.7 Å². The topological polar surface area (TPSA) is 70.2 Å². The fourth-order valence-corrected chi connectivity index (χ4v) is 2.62. The molecular formula is C20H31N3O2S. The molecule has 0 saturated carbocycles. The Kier molecular flexibility index (Phi) is 10.5. The van der Waals surface area contributed by atoms with Crippen molar-refractivity contribution >= 4 is 34.8 Å². The normalized spacial score (nSPS) is 11.5. The van der Waals surface area contributed by atoms with Gasteiger partial charge in [-0.25, -0.2) is 0 Å². The average molecular weight is 378 g/mol.